The maximum Gasteiger partial charge on any atom is 0.259 e. The van der Waals surface area contributed by atoms with Gasteiger partial charge < -0.3 is 15.8 Å². The molecule has 1 amide bonds. The molecule has 0 aliphatic heterocycles. The maximum absolute atomic E-state index is 13.5. The summed E-state index contributed by atoms with van der Waals surface area (Å²) in [5.41, 5.74) is 7.35. The summed E-state index contributed by atoms with van der Waals surface area (Å²) < 4.78 is 18.3. The topological polar surface area (TPSA) is 77.2 Å². The summed E-state index contributed by atoms with van der Waals surface area (Å²) in [6, 6.07) is 5.75. The van der Waals surface area contributed by atoms with E-state index in [4.69, 9.17) is 10.5 Å². The van der Waals surface area contributed by atoms with Gasteiger partial charge in [0.25, 0.3) is 5.91 Å². The molecular formula is C14H14FN3O2. The van der Waals surface area contributed by atoms with Gasteiger partial charge >= 0.3 is 0 Å². The Morgan fingerprint density at radius 3 is 2.75 bits per heavy atom. The summed E-state index contributed by atoms with van der Waals surface area (Å²) in [5.74, 6) is -0.889. The fourth-order valence-corrected chi connectivity index (χ4v) is 1.71. The first-order valence-corrected chi connectivity index (χ1v) is 5.88. The average molecular weight is 275 g/mol. The van der Waals surface area contributed by atoms with Crippen molar-refractivity contribution in [2.75, 3.05) is 18.2 Å². The number of methoxy groups -OCH3 is 1. The summed E-state index contributed by atoms with van der Waals surface area (Å²) in [7, 11) is 1.37. The molecule has 2 rings (SSSR count). The van der Waals surface area contributed by atoms with E-state index in [0.717, 1.165) is 5.69 Å². The Bertz CT molecular complexity index is 659. The van der Waals surface area contributed by atoms with E-state index in [1.165, 1.54) is 31.5 Å². The number of hydrogen-bond acceptors (Lipinski definition) is 4. The first kappa shape index (κ1) is 13.8. The third-order valence-corrected chi connectivity index (χ3v) is 2.73. The van der Waals surface area contributed by atoms with Gasteiger partial charge in [0.05, 0.1) is 12.7 Å². The minimum Gasteiger partial charge on any atom is -0.494 e. The molecule has 0 saturated heterocycles. The molecule has 0 atom stereocenters. The molecule has 0 aliphatic rings. The molecule has 0 bridgehead atoms. The largest absolute Gasteiger partial charge is 0.494 e. The smallest absolute Gasteiger partial charge is 0.259 e. The van der Waals surface area contributed by atoms with Crippen LogP contribution in [0.2, 0.25) is 0 Å². The minimum absolute atomic E-state index is 0.111. The highest BCUT2D eigenvalue weighted by molar-refractivity contribution is 6.07. The monoisotopic (exact) mass is 275 g/mol. The van der Waals surface area contributed by atoms with Gasteiger partial charge in [0.1, 0.15) is 0 Å². The number of aromatic nitrogens is 1. The molecule has 3 N–H and O–H groups in total. The summed E-state index contributed by atoms with van der Waals surface area (Å²) in [4.78, 5) is 16.0. The molecule has 1 aromatic heterocycles. The SMILES string of the molecule is COc1ccc(NC(=O)c2cnc(C)cc2N)cc1F. The maximum atomic E-state index is 13.5. The number of halogens is 1. The molecule has 0 spiro atoms. The van der Waals surface area contributed by atoms with Gasteiger partial charge in [-0.15, -0.1) is 0 Å². The van der Waals surface area contributed by atoms with Crippen LogP contribution in [-0.4, -0.2) is 18.0 Å². The predicted molar refractivity (Wildman–Crippen MR) is 74.3 cm³/mol. The number of nitrogens with zero attached hydrogens (tertiary/aromatic N) is 1. The van der Waals surface area contributed by atoms with Crippen molar-refractivity contribution < 1.29 is 13.9 Å². The summed E-state index contributed by atoms with van der Waals surface area (Å²) in [6.45, 7) is 1.77. The Labute approximate surface area is 115 Å². The van der Waals surface area contributed by atoms with Crippen LogP contribution in [0.4, 0.5) is 15.8 Å². The molecule has 2 aromatic rings. The molecule has 1 heterocycles. The Kier molecular flexibility index (Phi) is 3.84. The molecular weight excluding hydrogens is 261 g/mol. The number of amides is 1. The minimum atomic E-state index is -0.555. The Morgan fingerprint density at radius 1 is 1.40 bits per heavy atom. The highest BCUT2D eigenvalue weighted by atomic mass is 19.1. The van der Waals surface area contributed by atoms with E-state index in [0.29, 0.717) is 11.4 Å². The van der Waals surface area contributed by atoms with E-state index in [2.05, 4.69) is 10.3 Å². The molecule has 0 aliphatic carbocycles. The quantitative estimate of drug-likeness (QED) is 0.901. The molecule has 0 radical (unpaired) electrons. The number of rotatable bonds is 3. The van der Waals surface area contributed by atoms with Crippen molar-refractivity contribution in [2.45, 2.75) is 6.92 Å². The van der Waals surface area contributed by atoms with E-state index in [1.807, 2.05) is 0 Å². The van der Waals surface area contributed by atoms with E-state index < -0.39 is 11.7 Å². The number of nitrogen functional groups attached to an aromatic ring is 1. The summed E-state index contributed by atoms with van der Waals surface area (Å²) in [6.07, 6.45) is 1.39. The fraction of sp³-hybridized carbons (Fsp3) is 0.143. The lowest BCUT2D eigenvalue weighted by molar-refractivity contribution is 0.102. The number of pyridine rings is 1. The van der Waals surface area contributed by atoms with Crippen LogP contribution >= 0.6 is 0 Å². The van der Waals surface area contributed by atoms with Gasteiger partial charge in [-0.3, -0.25) is 9.78 Å². The lowest BCUT2D eigenvalue weighted by Gasteiger charge is -2.09. The Morgan fingerprint density at radius 2 is 2.15 bits per heavy atom. The van der Waals surface area contributed by atoms with Crippen molar-refractivity contribution in [3.63, 3.8) is 0 Å². The van der Waals surface area contributed by atoms with Crippen LogP contribution in [0.15, 0.2) is 30.5 Å². The molecule has 1 aromatic carbocycles. The zero-order chi connectivity index (χ0) is 14.7. The first-order chi connectivity index (χ1) is 9.51. The van der Waals surface area contributed by atoms with Crippen LogP contribution in [0.3, 0.4) is 0 Å². The van der Waals surface area contributed by atoms with E-state index in [-0.39, 0.29) is 11.3 Å². The lowest BCUT2D eigenvalue weighted by Crippen LogP contribution is -2.14. The Hall–Kier alpha value is -2.63. The normalized spacial score (nSPS) is 10.2. The molecule has 0 unspecified atom stereocenters. The fourth-order valence-electron chi connectivity index (χ4n) is 1.71. The van der Waals surface area contributed by atoms with Crippen LogP contribution in [0.1, 0.15) is 16.1 Å². The number of ether oxygens (including phenoxy) is 1. The standard InChI is InChI=1S/C14H14FN3O2/c1-8-5-12(16)10(7-17-8)14(19)18-9-3-4-13(20-2)11(15)6-9/h3-7H,1-2H3,(H2,16,17)(H,18,19). The van der Waals surface area contributed by atoms with Gasteiger partial charge in [-0.2, -0.15) is 0 Å². The molecule has 0 fully saturated rings. The Balaban J connectivity index is 2.21. The van der Waals surface area contributed by atoms with Crippen molar-refractivity contribution in [3.8, 4) is 5.75 Å². The highest BCUT2D eigenvalue weighted by Crippen LogP contribution is 2.21. The average Bonchev–Trinajstić information content (AvgIpc) is 2.38. The number of nitrogens with two attached hydrogens (primary N) is 1. The van der Waals surface area contributed by atoms with Crippen molar-refractivity contribution in [1.29, 1.82) is 0 Å². The van der Waals surface area contributed by atoms with Crippen molar-refractivity contribution in [2.24, 2.45) is 0 Å². The summed E-state index contributed by atoms with van der Waals surface area (Å²) >= 11 is 0. The second-order valence-electron chi connectivity index (χ2n) is 4.22. The van der Waals surface area contributed by atoms with Crippen LogP contribution in [0.5, 0.6) is 5.75 Å². The summed E-state index contributed by atoms with van der Waals surface area (Å²) in [5, 5.41) is 2.56. The van der Waals surface area contributed by atoms with Crippen molar-refractivity contribution in [3.05, 3.63) is 47.5 Å². The van der Waals surface area contributed by atoms with Gasteiger partial charge in [-0.05, 0) is 25.1 Å². The second-order valence-corrected chi connectivity index (χ2v) is 4.22. The van der Waals surface area contributed by atoms with Crippen LogP contribution in [-0.2, 0) is 0 Å². The lowest BCUT2D eigenvalue weighted by atomic mass is 10.2. The number of hydrogen-bond donors (Lipinski definition) is 2. The number of carbonyl (C=O) groups is 1. The molecule has 5 nitrogen and oxygen atoms in total. The molecule has 20 heavy (non-hydrogen) atoms. The number of carbonyl (C=O) groups excluding carboxylic acids is 1. The predicted octanol–water partition coefficient (Wildman–Crippen LogP) is 2.37. The van der Waals surface area contributed by atoms with Crippen LogP contribution in [0, 0.1) is 12.7 Å². The van der Waals surface area contributed by atoms with Gasteiger partial charge in [0.15, 0.2) is 11.6 Å². The van der Waals surface area contributed by atoms with E-state index in [9.17, 15) is 9.18 Å². The number of anilines is 2. The van der Waals surface area contributed by atoms with Gasteiger partial charge in [0.2, 0.25) is 0 Å². The van der Waals surface area contributed by atoms with Crippen LogP contribution in [0.25, 0.3) is 0 Å². The third kappa shape index (κ3) is 2.85. The van der Waals surface area contributed by atoms with Crippen molar-refractivity contribution >= 4 is 17.3 Å². The number of aryl methyl sites for hydroxylation is 1. The third-order valence-electron chi connectivity index (χ3n) is 2.73. The van der Waals surface area contributed by atoms with Gasteiger partial charge in [-0.1, -0.05) is 0 Å². The zero-order valence-corrected chi connectivity index (χ0v) is 11.1. The van der Waals surface area contributed by atoms with Gasteiger partial charge in [-0.25, -0.2) is 4.39 Å². The van der Waals surface area contributed by atoms with E-state index >= 15 is 0 Å². The van der Waals surface area contributed by atoms with Crippen molar-refractivity contribution in [1.82, 2.24) is 4.98 Å². The highest BCUT2D eigenvalue weighted by Gasteiger charge is 2.12. The zero-order valence-electron chi connectivity index (χ0n) is 11.1. The van der Waals surface area contributed by atoms with E-state index in [1.54, 1.807) is 13.0 Å². The molecule has 0 saturated carbocycles. The number of benzene rings is 1. The molecule has 6 heteroatoms. The second kappa shape index (κ2) is 5.56. The van der Waals surface area contributed by atoms with Gasteiger partial charge in [0, 0.05) is 29.3 Å². The van der Waals surface area contributed by atoms with Crippen LogP contribution < -0.4 is 15.8 Å². The number of nitrogens with one attached hydrogen (secondary N) is 1. The first-order valence-electron chi connectivity index (χ1n) is 5.88. The molecule has 104 valence electrons.